The zero-order valence-electron chi connectivity index (χ0n) is 13.8. The predicted molar refractivity (Wildman–Crippen MR) is 89.9 cm³/mol. The highest BCUT2D eigenvalue weighted by Crippen LogP contribution is 2.27. The number of fused-ring (bicyclic) bond motifs is 1. The molecule has 2 aromatic heterocycles. The van der Waals surface area contributed by atoms with Crippen molar-refractivity contribution in [2.24, 2.45) is 7.05 Å². The summed E-state index contributed by atoms with van der Waals surface area (Å²) in [5, 5.41) is 19.2. The molecule has 2 atom stereocenters. The maximum Gasteiger partial charge on any atom is 0.252 e. The molecule has 1 aliphatic heterocycles. The maximum absolute atomic E-state index is 12.3. The minimum Gasteiger partial charge on any atom is -0.390 e. The second kappa shape index (κ2) is 6.59. The molecule has 0 bridgehead atoms. The smallest absolute Gasteiger partial charge is 0.252 e. The van der Waals surface area contributed by atoms with Crippen molar-refractivity contribution in [2.75, 3.05) is 24.6 Å². The normalized spacial score (nSPS) is 21.0. The molecule has 1 fully saturated rings. The second-order valence-corrected chi connectivity index (χ2v) is 5.90. The number of nitrogens with zero attached hydrogens (tertiary/aromatic N) is 4. The standard InChI is InChI=1S/C17H20N4O3/c1-3-24-15-10-21(7-6-14(15)22)13-8-16(23)20(2)12-5-4-11(9-18)19-17(12)13/h4-5,8,14-15,22H,3,6-7,10H2,1-2H3/t14-,15+/m1/s1. The van der Waals surface area contributed by atoms with Crippen LogP contribution in [0.25, 0.3) is 11.0 Å². The van der Waals surface area contributed by atoms with Crippen molar-refractivity contribution in [2.45, 2.75) is 25.6 Å². The lowest BCUT2D eigenvalue weighted by Gasteiger charge is -2.37. The van der Waals surface area contributed by atoms with Gasteiger partial charge in [-0.15, -0.1) is 0 Å². The van der Waals surface area contributed by atoms with Crippen molar-refractivity contribution in [1.82, 2.24) is 9.55 Å². The van der Waals surface area contributed by atoms with E-state index in [0.717, 1.165) is 0 Å². The van der Waals surface area contributed by atoms with Crippen LogP contribution in [-0.2, 0) is 11.8 Å². The van der Waals surface area contributed by atoms with Crippen molar-refractivity contribution in [3.05, 3.63) is 34.2 Å². The van der Waals surface area contributed by atoms with Crippen LogP contribution >= 0.6 is 0 Å². The number of aliphatic hydroxyl groups is 1. The number of nitriles is 1. The first-order chi connectivity index (χ1) is 11.5. The van der Waals surface area contributed by atoms with Crippen LogP contribution in [0, 0.1) is 11.3 Å². The van der Waals surface area contributed by atoms with Crippen molar-refractivity contribution in [1.29, 1.82) is 5.26 Å². The maximum atomic E-state index is 12.3. The highest BCUT2D eigenvalue weighted by molar-refractivity contribution is 5.88. The summed E-state index contributed by atoms with van der Waals surface area (Å²) in [6, 6.07) is 6.92. The van der Waals surface area contributed by atoms with Crippen molar-refractivity contribution in [3.8, 4) is 6.07 Å². The molecule has 0 unspecified atom stereocenters. The summed E-state index contributed by atoms with van der Waals surface area (Å²) in [6.45, 7) is 3.49. The van der Waals surface area contributed by atoms with Gasteiger partial charge in [-0.25, -0.2) is 4.98 Å². The van der Waals surface area contributed by atoms with Gasteiger partial charge < -0.3 is 19.3 Å². The Bertz CT molecular complexity index is 855. The minimum atomic E-state index is -0.512. The van der Waals surface area contributed by atoms with E-state index in [1.54, 1.807) is 19.2 Å². The van der Waals surface area contributed by atoms with Crippen LogP contribution in [0.4, 0.5) is 5.69 Å². The van der Waals surface area contributed by atoms with Gasteiger partial charge in [0, 0.05) is 32.8 Å². The highest BCUT2D eigenvalue weighted by Gasteiger charge is 2.29. The molecule has 3 rings (SSSR count). The molecule has 7 heteroatoms. The predicted octanol–water partition coefficient (Wildman–Crippen LogP) is 0.781. The number of anilines is 1. The number of aryl methyl sites for hydroxylation is 1. The number of rotatable bonds is 3. The molecule has 1 saturated heterocycles. The summed E-state index contributed by atoms with van der Waals surface area (Å²) in [5.74, 6) is 0. The summed E-state index contributed by atoms with van der Waals surface area (Å²) in [6.07, 6.45) is -0.261. The first-order valence-electron chi connectivity index (χ1n) is 8.00. The monoisotopic (exact) mass is 328 g/mol. The quantitative estimate of drug-likeness (QED) is 0.895. The van der Waals surface area contributed by atoms with Crippen molar-refractivity contribution >= 4 is 16.7 Å². The number of pyridine rings is 2. The van der Waals surface area contributed by atoms with Crippen LogP contribution in [0.1, 0.15) is 19.0 Å². The topological polar surface area (TPSA) is 91.4 Å². The molecule has 2 aromatic rings. The Morgan fingerprint density at radius 1 is 1.50 bits per heavy atom. The molecule has 0 aromatic carbocycles. The largest absolute Gasteiger partial charge is 0.390 e. The molecular formula is C17H20N4O3. The van der Waals surface area contributed by atoms with E-state index in [4.69, 9.17) is 10.00 Å². The Balaban J connectivity index is 2.10. The number of hydrogen-bond donors (Lipinski definition) is 1. The van der Waals surface area contributed by atoms with Crippen LogP contribution in [0.15, 0.2) is 23.0 Å². The Morgan fingerprint density at radius 2 is 2.29 bits per heavy atom. The fourth-order valence-corrected chi connectivity index (χ4v) is 3.12. The minimum absolute atomic E-state index is 0.136. The first-order valence-corrected chi connectivity index (χ1v) is 8.00. The second-order valence-electron chi connectivity index (χ2n) is 5.90. The Labute approximate surface area is 139 Å². The van der Waals surface area contributed by atoms with Crippen LogP contribution in [0.5, 0.6) is 0 Å². The van der Waals surface area contributed by atoms with Crippen LogP contribution in [-0.4, -0.2) is 46.6 Å². The molecule has 126 valence electrons. The molecule has 0 saturated carbocycles. The van der Waals surface area contributed by atoms with E-state index in [1.165, 1.54) is 10.6 Å². The Hall–Kier alpha value is -2.43. The summed E-state index contributed by atoms with van der Waals surface area (Å²) in [5.41, 5.74) is 2.14. The Kier molecular flexibility index (Phi) is 4.51. The Morgan fingerprint density at radius 3 is 3.00 bits per heavy atom. The van der Waals surface area contributed by atoms with Gasteiger partial charge in [0.1, 0.15) is 23.4 Å². The van der Waals surface area contributed by atoms with Gasteiger partial charge in [-0.1, -0.05) is 0 Å². The zero-order valence-corrected chi connectivity index (χ0v) is 13.8. The van der Waals surface area contributed by atoms with Gasteiger partial charge in [-0.2, -0.15) is 5.26 Å². The first kappa shape index (κ1) is 16.4. The van der Waals surface area contributed by atoms with Gasteiger partial charge >= 0.3 is 0 Å². The van der Waals surface area contributed by atoms with Gasteiger partial charge in [-0.05, 0) is 25.5 Å². The lowest BCUT2D eigenvalue weighted by atomic mass is 10.0. The molecule has 0 amide bonds. The average Bonchev–Trinajstić information content (AvgIpc) is 2.60. The van der Waals surface area contributed by atoms with Crippen LogP contribution in [0.2, 0.25) is 0 Å². The number of aliphatic hydroxyl groups excluding tert-OH is 1. The number of ether oxygens (including phenoxy) is 1. The zero-order chi connectivity index (χ0) is 17.3. The van der Waals surface area contributed by atoms with E-state index in [9.17, 15) is 9.90 Å². The third kappa shape index (κ3) is 2.86. The molecular weight excluding hydrogens is 308 g/mol. The SMILES string of the molecule is CCO[C@H]1CN(c2cc(=O)n(C)c3ccc(C#N)nc23)CC[C@H]1O. The molecule has 24 heavy (non-hydrogen) atoms. The third-order valence-corrected chi connectivity index (χ3v) is 4.43. The molecule has 0 radical (unpaired) electrons. The van der Waals surface area contributed by atoms with Crippen molar-refractivity contribution in [3.63, 3.8) is 0 Å². The van der Waals surface area contributed by atoms with Gasteiger partial charge in [0.15, 0.2) is 0 Å². The van der Waals surface area contributed by atoms with Crippen LogP contribution < -0.4 is 10.5 Å². The lowest BCUT2D eigenvalue weighted by Crippen LogP contribution is -2.48. The number of piperidine rings is 1. The van der Waals surface area contributed by atoms with E-state index in [-0.39, 0.29) is 11.7 Å². The van der Waals surface area contributed by atoms with Crippen LogP contribution in [0.3, 0.4) is 0 Å². The molecule has 1 aliphatic rings. The van der Waals surface area contributed by atoms with Gasteiger partial charge in [0.2, 0.25) is 0 Å². The van der Waals surface area contributed by atoms with E-state index in [0.29, 0.717) is 48.5 Å². The molecule has 0 spiro atoms. The van der Waals surface area contributed by atoms with Gasteiger partial charge in [-0.3, -0.25) is 4.79 Å². The average molecular weight is 328 g/mol. The molecule has 3 heterocycles. The third-order valence-electron chi connectivity index (χ3n) is 4.43. The lowest BCUT2D eigenvalue weighted by molar-refractivity contribution is -0.0398. The number of aromatic nitrogens is 2. The summed E-state index contributed by atoms with van der Waals surface area (Å²) in [7, 11) is 1.69. The van der Waals surface area contributed by atoms with Gasteiger partial charge in [0.05, 0.1) is 17.3 Å². The van der Waals surface area contributed by atoms with E-state index in [2.05, 4.69) is 4.98 Å². The summed E-state index contributed by atoms with van der Waals surface area (Å²) in [4.78, 5) is 18.7. The molecule has 1 N–H and O–H groups in total. The van der Waals surface area contributed by atoms with Crippen molar-refractivity contribution < 1.29 is 9.84 Å². The van der Waals surface area contributed by atoms with Gasteiger partial charge in [0.25, 0.3) is 5.56 Å². The van der Waals surface area contributed by atoms with E-state index in [1.807, 2.05) is 17.9 Å². The summed E-state index contributed by atoms with van der Waals surface area (Å²) < 4.78 is 7.13. The number of hydrogen-bond acceptors (Lipinski definition) is 6. The van der Waals surface area contributed by atoms with E-state index < -0.39 is 6.10 Å². The molecule has 7 nitrogen and oxygen atoms in total. The fraction of sp³-hybridized carbons (Fsp3) is 0.471. The molecule has 0 aliphatic carbocycles. The summed E-state index contributed by atoms with van der Waals surface area (Å²) >= 11 is 0. The van der Waals surface area contributed by atoms with E-state index >= 15 is 0 Å². The highest BCUT2D eigenvalue weighted by atomic mass is 16.5. The fourth-order valence-electron chi connectivity index (χ4n) is 3.12.